The number of halogens is 1. The van der Waals surface area contributed by atoms with E-state index in [1.165, 1.54) is 12.1 Å². The number of nitrogens with zero attached hydrogens (tertiary/aromatic N) is 3. The molecule has 2 aromatic rings. The number of nitrogens with two attached hydrogens (primary N) is 2. The zero-order valence-corrected chi connectivity index (χ0v) is 15.0. The number of hydrogen-bond acceptors (Lipinski definition) is 7. The number of nitrogens with one attached hydrogen (secondary N) is 1. The fraction of sp³-hybridized carbons (Fsp3) is 0.333. The molecule has 0 unspecified atom stereocenters. The number of carbonyl (C=O) groups excluding carboxylic acids is 2. The van der Waals surface area contributed by atoms with Gasteiger partial charge in [0.15, 0.2) is 17.4 Å². The number of urea groups is 1. The van der Waals surface area contributed by atoms with E-state index >= 15 is 0 Å². The Bertz CT molecular complexity index is 797. The number of hydrogen-bond donors (Lipinski definition) is 3. The molecule has 0 bridgehead atoms. The van der Waals surface area contributed by atoms with E-state index < -0.39 is 23.0 Å². The highest BCUT2D eigenvalue weighted by Gasteiger charge is 2.27. The van der Waals surface area contributed by atoms with Gasteiger partial charge in [-0.05, 0) is 18.1 Å². The number of primary amides is 1. The van der Waals surface area contributed by atoms with Gasteiger partial charge in [0.2, 0.25) is 11.1 Å². The molecule has 0 aliphatic rings. The molecule has 0 fully saturated rings. The fourth-order valence-electron chi connectivity index (χ4n) is 1.99. The summed E-state index contributed by atoms with van der Waals surface area (Å²) in [5.41, 5.74) is 4.98. The molecule has 0 saturated heterocycles. The highest BCUT2D eigenvalue weighted by Crippen LogP contribution is 2.27. The molecule has 1 heterocycles. The molecule has 1 atom stereocenters. The van der Waals surface area contributed by atoms with Gasteiger partial charge in [-0.2, -0.15) is 0 Å². The first-order chi connectivity index (χ1) is 12.3. The van der Waals surface area contributed by atoms with E-state index in [1.807, 2.05) is 5.32 Å². The van der Waals surface area contributed by atoms with Gasteiger partial charge in [0.1, 0.15) is 6.61 Å². The highest BCUT2D eigenvalue weighted by molar-refractivity contribution is 8.00. The Morgan fingerprint density at radius 3 is 2.65 bits per heavy atom. The smallest absolute Gasteiger partial charge is 0.318 e. The van der Waals surface area contributed by atoms with Crippen molar-refractivity contribution in [1.29, 1.82) is 0 Å². The fourth-order valence-corrected chi connectivity index (χ4v) is 2.96. The molecule has 0 radical (unpaired) electrons. The summed E-state index contributed by atoms with van der Waals surface area (Å²) in [6, 6.07) is 5.00. The molecule has 0 aliphatic carbocycles. The van der Waals surface area contributed by atoms with Crippen LogP contribution >= 0.6 is 11.8 Å². The van der Waals surface area contributed by atoms with Gasteiger partial charge in [-0.1, -0.05) is 37.7 Å². The molecule has 140 valence electrons. The van der Waals surface area contributed by atoms with Crippen molar-refractivity contribution in [2.24, 2.45) is 11.7 Å². The first-order valence-corrected chi connectivity index (χ1v) is 8.51. The van der Waals surface area contributed by atoms with Gasteiger partial charge >= 0.3 is 6.03 Å². The van der Waals surface area contributed by atoms with E-state index in [0.29, 0.717) is 0 Å². The summed E-state index contributed by atoms with van der Waals surface area (Å²) in [5, 5.41) is 9.43. The van der Waals surface area contributed by atoms with Crippen molar-refractivity contribution in [3.63, 3.8) is 0 Å². The molecular weight excluding hydrogens is 363 g/mol. The lowest BCUT2D eigenvalue weighted by atomic mass is 10.1. The molecule has 0 aliphatic heterocycles. The van der Waals surface area contributed by atoms with Crippen LogP contribution in [0.2, 0.25) is 0 Å². The Hall–Kier alpha value is -2.82. The van der Waals surface area contributed by atoms with Crippen LogP contribution in [0.1, 0.15) is 19.7 Å². The highest BCUT2D eigenvalue weighted by atomic mass is 32.2. The maximum atomic E-state index is 13.6. The van der Waals surface area contributed by atoms with E-state index in [4.69, 9.17) is 16.3 Å². The summed E-state index contributed by atoms with van der Waals surface area (Å²) in [4.78, 5) is 23.0. The minimum atomic E-state index is -0.936. The van der Waals surface area contributed by atoms with Crippen LogP contribution in [-0.4, -0.2) is 32.1 Å². The predicted molar refractivity (Wildman–Crippen MR) is 93.1 cm³/mol. The molecule has 2 rings (SSSR count). The topological polar surface area (TPSA) is 138 Å². The number of ether oxygens (including phenoxy) is 1. The van der Waals surface area contributed by atoms with Crippen molar-refractivity contribution < 1.29 is 18.7 Å². The van der Waals surface area contributed by atoms with Crippen molar-refractivity contribution in [2.75, 3.05) is 5.84 Å². The van der Waals surface area contributed by atoms with Crippen molar-refractivity contribution in [1.82, 2.24) is 20.2 Å². The Balaban J connectivity index is 2.08. The largest absolute Gasteiger partial charge is 0.482 e. The average Bonchev–Trinajstić information content (AvgIpc) is 2.91. The maximum absolute atomic E-state index is 13.6. The standard InChI is InChI=1S/C15H19FN6O3S/c1-8(2)12(13(23)19-14(17)24)26-15-21-20-11(22(15)18)7-25-10-6-4-3-5-9(10)16/h3-6,8,12H,7,18H2,1-2H3,(H3,17,19,23,24)/t12-/m1/s1. The predicted octanol–water partition coefficient (Wildman–Crippen LogP) is 1.02. The lowest BCUT2D eigenvalue weighted by molar-refractivity contribution is -0.120. The van der Waals surface area contributed by atoms with E-state index in [-0.39, 0.29) is 29.3 Å². The Kier molecular flexibility index (Phi) is 6.39. The number of amides is 3. The molecule has 5 N–H and O–H groups in total. The van der Waals surface area contributed by atoms with Gasteiger partial charge in [-0.15, -0.1) is 10.2 Å². The number of benzene rings is 1. The Morgan fingerprint density at radius 1 is 1.35 bits per heavy atom. The second-order valence-corrected chi connectivity index (χ2v) is 6.73. The first kappa shape index (κ1) is 19.5. The van der Waals surface area contributed by atoms with Crippen LogP contribution in [-0.2, 0) is 11.4 Å². The molecule has 0 spiro atoms. The van der Waals surface area contributed by atoms with Crippen LogP contribution in [0.3, 0.4) is 0 Å². The molecule has 0 saturated carbocycles. The molecular formula is C15H19FN6O3S. The molecule has 9 nitrogen and oxygen atoms in total. The van der Waals surface area contributed by atoms with Crippen LogP contribution < -0.4 is 21.6 Å². The summed E-state index contributed by atoms with van der Waals surface area (Å²) >= 11 is 1.03. The van der Waals surface area contributed by atoms with Gasteiger partial charge < -0.3 is 16.3 Å². The van der Waals surface area contributed by atoms with Crippen LogP contribution in [0.4, 0.5) is 9.18 Å². The van der Waals surface area contributed by atoms with Crippen LogP contribution in [0.5, 0.6) is 5.75 Å². The van der Waals surface area contributed by atoms with Crippen LogP contribution in [0.25, 0.3) is 0 Å². The summed E-state index contributed by atoms with van der Waals surface area (Å²) in [7, 11) is 0. The van der Waals surface area contributed by atoms with E-state index in [1.54, 1.807) is 26.0 Å². The third-order valence-electron chi connectivity index (χ3n) is 3.27. The SMILES string of the molecule is CC(C)[C@@H](Sc1nnc(COc2ccccc2F)n1N)C(=O)NC(N)=O. The summed E-state index contributed by atoms with van der Waals surface area (Å²) in [6.45, 7) is 3.50. The van der Waals surface area contributed by atoms with E-state index in [0.717, 1.165) is 16.4 Å². The van der Waals surface area contributed by atoms with Gasteiger partial charge in [0.25, 0.3) is 0 Å². The van der Waals surface area contributed by atoms with Crippen molar-refractivity contribution in [2.45, 2.75) is 30.9 Å². The first-order valence-electron chi connectivity index (χ1n) is 7.63. The lowest BCUT2D eigenvalue weighted by Gasteiger charge is -2.17. The number of rotatable bonds is 7. The van der Waals surface area contributed by atoms with Crippen molar-refractivity contribution in [3.8, 4) is 5.75 Å². The molecule has 26 heavy (non-hydrogen) atoms. The second-order valence-electron chi connectivity index (χ2n) is 5.62. The second kappa shape index (κ2) is 8.52. The van der Waals surface area contributed by atoms with Gasteiger partial charge in [-0.25, -0.2) is 13.9 Å². The normalized spacial score (nSPS) is 12.0. The van der Waals surface area contributed by atoms with E-state index in [2.05, 4.69) is 10.2 Å². The minimum Gasteiger partial charge on any atom is -0.482 e. The number of carbonyl (C=O) groups is 2. The summed E-state index contributed by atoms with van der Waals surface area (Å²) in [5.74, 6) is 5.05. The molecule has 11 heteroatoms. The van der Waals surface area contributed by atoms with E-state index in [9.17, 15) is 14.0 Å². The summed E-state index contributed by atoms with van der Waals surface area (Å²) in [6.07, 6.45) is 0. The number of thioether (sulfide) groups is 1. The summed E-state index contributed by atoms with van der Waals surface area (Å²) < 4.78 is 20.1. The van der Waals surface area contributed by atoms with Gasteiger partial charge in [0, 0.05) is 0 Å². The minimum absolute atomic E-state index is 0.0607. The van der Waals surface area contributed by atoms with Crippen LogP contribution in [0.15, 0.2) is 29.4 Å². The molecule has 1 aromatic heterocycles. The number of aromatic nitrogens is 3. The Morgan fingerprint density at radius 2 is 2.04 bits per heavy atom. The maximum Gasteiger partial charge on any atom is 0.318 e. The number of para-hydroxylation sites is 1. The third-order valence-corrected chi connectivity index (χ3v) is 4.77. The monoisotopic (exact) mass is 382 g/mol. The van der Waals surface area contributed by atoms with Crippen molar-refractivity contribution in [3.05, 3.63) is 35.9 Å². The zero-order chi connectivity index (χ0) is 19.3. The van der Waals surface area contributed by atoms with Gasteiger partial charge in [-0.3, -0.25) is 10.1 Å². The average molecular weight is 382 g/mol. The number of imide groups is 1. The molecule has 3 amide bonds. The quantitative estimate of drug-likeness (QED) is 0.480. The van der Waals surface area contributed by atoms with Gasteiger partial charge in [0.05, 0.1) is 5.25 Å². The third kappa shape index (κ3) is 4.85. The number of nitrogen functional groups attached to an aromatic ring is 1. The van der Waals surface area contributed by atoms with Crippen LogP contribution in [0, 0.1) is 11.7 Å². The lowest BCUT2D eigenvalue weighted by Crippen LogP contribution is -2.42. The van der Waals surface area contributed by atoms with Crippen molar-refractivity contribution >= 4 is 23.7 Å². The zero-order valence-electron chi connectivity index (χ0n) is 14.2. The Labute approximate surface area is 153 Å². The molecule has 1 aromatic carbocycles.